The number of carbonyl (C=O) groups excluding carboxylic acids is 1. The molecule has 0 radical (unpaired) electrons. The lowest BCUT2D eigenvalue weighted by atomic mass is 10.2. The van der Waals surface area contributed by atoms with Crippen molar-refractivity contribution in [1.29, 1.82) is 0 Å². The Kier molecular flexibility index (Phi) is 5.67. The Morgan fingerprint density at radius 1 is 1.03 bits per heavy atom. The Bertz CT molecular complexity index is 974. The molecule has 2 heterocycles. The number of hydrogen-bond acceptors (Lipinski definition) is 6. The second-order valence-corrected chi connectivity index (χ2v) is 6.71. The third-order valence-electron chi connectivity index (χ3n) is 4.82. The van der Waals surface area contributed by atoms with Crippen LogP contribution in [-0.2, 0) is 4.74 Å². The number of nitrogens with zero attached hydrogens (tertiary/aromatic N) is 4. The van der Waals surface area contributed by atoms with Crippen molar-refractivity contribution in [2.24, 2.45) is 0 Å². The molecular weight excluding hydrogens is 366 g/mol. The Morgan fingerprint density at radius 3 is 2.55 bits per heavy atom. The molecule has 1 amide bonds. The molecule has 0 atom stereocenters. The first-order chi connectivity index (χ1) is 14.2. The second kappa shape index (κ2) is 8.70. The Labute approximate surface area is 170 Å². The molecule has 4 rings (SSSR count). The molecule has 1 aliphatic heterocycles. The van der Waals surface area contributed by atoms with Crippen LogP contribution in [0.1, 0.15) is 10.5 Å². The van der Waals surface area contributed by atoms with E-state index in [1.165, 1.54) is 0 Å². The standard InChI is InChI=1S/C22H23N5O2/c1-26(17-7-3-2-4-8-17)22-23-12-11-19(25-22)21(28)24-18-9-5-6-10-20(18)27-13-15-29-16-14-27/h2-12H,13-16H2,1H3,(H,24,28). The van der Waals surface area contributed by atoms with Crippen LogP contribution < -0.4 is 15.1 Å². The van der Waals surface area contributed by atoms with E-state index in [0.29, 0.717) is 24.9 Å². The van der Waals surface area contributed by atoms with Gasteiger partial charge in [-0.15, -0.1) is 0 Å². The zero-order chi connectivity index (χ0) is 20.1. The molecule has 2 aromatic carbocycles. The summed E-state index contributed by atoms with van der Waals surface area (Å²) in [5, 5.41) is 3.00. The zero-order valence-electron chi connectivity index (χ0n) is 16.3. The summed E-state index contributed by atoms with van der Waals surface area (Å²) in [6.45, 7) is 2.96. The highest BCUT2D eigenvalue weighted by Gasteiger charge is 2.17. The molecule has 1 aliphatic rings. The third kappa shape index (κ3) is 4.35. The molecule has 7 heteroatoms. The van der Waals surface area contributed by atoms with Gasteiger partial charge in [-0.1, -0.05) is 30.3 Å². The van der Waals surface area contributed by atoms with E-state index in [1.54, 1.807) is 12.3 Å². The van der Waals surface area contributed by atoms with Crippen LogP contribution in [0.15, 0.2) is 66.9 Å². The summed E-state index contributed by atoms with van der Waals surface area (Å²) in [5.41, 5.74) is 3.01. The number of carbonyl (C=O) groups is 1. The maximum Gasteiger partial charge on any atom is 0.274 e. The first-order valence-electron chi connectivity index (χ1n) is 9.57. The highest BCUT2D eigenvalue weighted by atomic mass is 16.5. The van der Waals surface area contributed by atoms with Crippen molar-refractivity contribution in [2.75, 3.05) is 48.5 Å². The molecule has 0 saturated carbocycles. The maximum absolute atomic E-state index is 12.9. The van der Waals surface area contributed by atoms with Crippen LogP contribution in [0.4, 0.5) is 23.0 Å². The third-order valence-corrected chi connectivity index (χ3v) is 4.82. The van der Waals surface area contributed by atoms with Gasteiger partial charge < -0.3 is 19.9 Å². The van der Waals surface area contributed by atoms with Gasteiger partial charge in [-0.3, -0.25) is 4.79 Å². The van der Waals surface area contributed by atoms with Crippen LogP contribution >= 0.6 is 0 Å². The smallest absolute Gasteiger partial charge is 0.274 e. The number of morpholine rings is 1. The quantitative estimate of drug-likeness (QED) is 0.722. The fourth-order valence-corrected chi connectivity index (χ4v) is 3.25. The van der Waals surface area contributed by atoms with E-state index in [0.717, 1.165) is 30.2 Å². The summed E-state index contributed by atoms with van der Waals surface area (Å²) < 4.78 is 5.43. The van der Waals surface area contributed by atoms with Gasteiger partial charge in [-0.05, 0) is 30.3 Å². The Hall–Kier alpha value is -3.45. The van der Waals surface area contributed by atoms with Crippen molar-refractivity contribution in [3.63, 3.8) is 0 Å². The topological polar surface area (TPSA) is 70.6 Å². The second-order valence-electron chi connectivity index (χ2n) is 6.71. The van der Waals surface area contributed by atoms with Gasteiger partial charge in [-0.2, -0.15) is 0 Å². The average Bonchev–Trinajstić information content (AvgIpc) is 2.80. The molecule has 0 unspecified atom stereocenters. The minimum atomic E-state index is -0.268. The normalized spacial score (nSPS) is 13.8. The number of anilines is 4. The minimum absolute atomic E-state index is 0.268. The molecule has 1 aromatic heterocycles. The van der Waals surface area contributed by atoms with Gasteiger partial charge in [0.1, 0.15) is 5.69 Å². The minimum Gasteiger partial charge on any atom is -0.378 e. The van der Waals surface area contributed by atoms with E-state index in [1.807, 2.05) is 66.5 Å². The highest BCUT2D eigenvalue weighted by molar-refractivity contribution is 6.04. The molecule has 29 heavy (non-hydrogen) atoms. The van der Waals surface area contributed by atoms with Crippen LogP contribution in [0.2, 0.25) is 0 Å². The van der Waals surface area contributed by atoms with Gasteiger partial charge in [0.2, 0.25) is 5.95 Å². The predicted molar refractivity (Wildman–Crippen MR) is 114 cm³/mol. The highest BCUT2D eigenvalue weighted by Crippen LogP contribution is 2.27. The van der Waals surface area contributed by atoms with Crippen molar-refractivity contribution in [1.82, 2.24) is 9.97 Å². The lowest BCUT2D eigenvalue weighted by Gasteiger charge is -2.30. The number of benzene rings is 2. The van der Waals surface area contributed by atoms with E-state index in [-0.39, 0.29) is 5.91 Å². The number of ether oxygens (including phenoxy) is 1. The predicted octanol–water partition coefficient (Wildman–Crippen LogP) is 3.33. The van der Waals surface area contributed by atoms with Gasteiger partial charge in [-0.25, -0.2) is 9.97 Å². The summed E-state index contributed by atoms with van der Waals surface area (Å²) in [7, 11) is 1.88. The van der Waals surface area contributed by atoms with Gasteiger partial charge in [0, 0.05) is 32.0 Å². The molecule has 148 valence electrons. The van der Waals surface area contributed by atoms with E-state index in [9.17, 15) is 4.79 Å². The molecule has 1 N–H and O–H groups in total. The van der Waals surface area contributed by atoms with E-state index < -0.39 is 0 Å². The summed E-state index contributed by atoms with van der Waals surface area (Å²) in [5.74, 6) is 0.195. The first kappa shape index (κ1) is 18.9. The van der Waals surface area contributed by atoms with E-state index in [4.69, 9.17) is 4.74 Å². The van der Waals surface area contributed by atoms with Gasteiger partial charge in [0.05, 0.1) is 24.6 Å². The molecule has 0 spiro atoms. The summed E-state index contributed by atoms with van der Waals surface area (Å²) in [6, 6.07) is 19.2. The lowest BCUT2D eigenvalue weighted by Crippen LogP contribution is -2.36. The number of hydrogen-bond donors (Lipinski definition) is 1. The van der Waals surface area contributed by atoms with Crippen LogP contribution in [0.25, 0.3) is 0 Å². The Morgan fingerprint density at radius 2 is 1.76 bits per heavy atom. The fourth-order valence-electron chi connectivity index (χ4n) is 3.25. The fraction of sp³-hybridized carbons (Fsp3) is 0.227. The van der Waals surface area contributed by atoms with Crippen molar-refractivity contribution in [3.8, 4) is 0 Å². The number of para-hydroxylation sites is 3. The van der Waals surface area contributed by atoms with Crippen LogP contribution in [0.5, 0.6) is 0 Å². The SMILES string of the molecule is CN(c1ccccc1)c1nccc(C(=O)Nc2ccccc2N2CCOCC2)n1. The summed E-state index contributed by atoms with van der Waals surface area (Å²) in [4.78, 5) is 25.7. The summed E-state index contributed by atoms with van der Waals surface area (Å²) in [6.07, 6.45) is 1.60. The van der Waals surface area contributed by atoms with Crippen LogP contribution in [0.3, 0.4) is 0 Å². The average molecular weight is 389 g/mol. The van der Waals surface area contributed by atoms with Gasteiger partial charge in [0.15, 0.2) is 0 Å². The van der Waals surface area contributed by atoms with Crippen LogP contribution in [0, 0.1) is 0 Å². The molecule has 3 aromatic rings. The van der Waals surface area contributed by atoms with Gasteiger partial charge >= 0.3 is 0 Å². The largest absolute Gasteiger partial charge is 0.378 e. The molecule has 1 saturated heterocycles. The molecular formula is C22H23N5O2. The number of rotatable bonds is 5. The monoisotopic (exact) mass is 389 g/mol. The maximum atomic E-state index is 12.9. The van der Waals surface area contributed by atoms with Gasteiger partial charge in [0.25, 0.3) is 5.91 Å². The van der Waals surface area contributed by atoms with E-state index >= 15 is 0 Å². The van der Waals surface area contributed by atoms with Crippen LogP contribution in [-0.4, -0.2) is 49.2 Å². The lowest BCUT2D eigenvalue weighted by molar-refractivity contribution is 0.102. The zero-order valence-corrected chi connectivity index (χ0v) is 16.3. The molecule has 7 nitrogen and oxygen atoms in total. The number of nitrogens with one attached hydrogen (secondary N) is 1. The van der Waals surface area contributed by atoms with Crippen molar-refractivity contribution >= 4 is 28.9 Å². The van der Waals surface area contributed by atoms with Crippen molar-refractivity contribution in [3.05, 3.63) is 72.6 Å². The number of amides is 1. The molecule has 0 aliphatic carbocycles. The van der Waals surface area contributed by atoms with Crippen molar-refractivity contribution in [2.45, 2.75) is 0 Å². The first-order valence-corrected chi connectivity index (χ1v) is 9.57. The summed E-state index contributed by atoms with van der Waals surface area (Å²) >= 11 is 0. The molecule has 0 bridgehead atoms. The van der Waals surface area contributed by atoms with Crippen molar-refractivity contribution < 1.29 is 9.53 Å². The van der Waals surface area contributed by atoms with E-state index in [2.05, 4.69) is 20.2 Å². The number of aromatic nitrogens is 2. The Balaban J connectivity index is 1.54. The molecule has 1 fully saturated rings.